The van der Waals surface area contributed by atoms with E-state index in [-0.39, 0.29) is 0 Å². The van der Waals surface area contributed by atoms with Crippen molar-refractivity contribution in [2.75, 3.05) is 5.73 Å². The average Bonchev–Trinajstić information content (AvgIpc) is 2.68. The molecule has 2 rings (SSSR count). The van der Waals surface area contributed by atoms with Gasteiger partial charge in [0, 0.05) is 16.6 Å². The Labute approximate surface area is 110 Å². The summed E-state index contributed by atoms with van der Waals surface area (Å²) in [5.41, 5.74) is 8.80. The van der Waals surface area contributed by atoms with Crippen molar-refractivity contribution in [3.63, 3.8) is 0 Å². The molecule has 0 fully saturated rings. The van der Waals surface area contributed by atoms with Crippen molar-refractivity contribution in [3.05, 3.63) is 44.6 Å². The molecular weight excluding hydrogens is 254 g/mol. The third kappa shape index (κ3) is 2.93. The van der Waals surface area contributed by atoms with Crippen molar-refractivity contribution < 1.29 is 4.74 Å². The molecule has 2 aromatic rings. The Hall–Kier alpha value is -1.19. The third-order valence-electron chi connectivity index (χ3n) is 2.56. The minimum absolute atomic E-state index is 0.528. The number of rotatable bonds is 3. The van der Waals surface area contributed by atoms with E-state index < -0.39 is 0 Å². The molecule has 0 aliphatic carbocycles. The van der Waals surface area contributed by atoms with Gasteiger partial charge in [0.1, 0.15) is 12.4 Å². The van der Waals surface area contributed by atoms with E-state index in [1.807, 2.05) is 38.1 Å². The van der Waals surface area contributed by atoms with E-state index in [4.69, 9.17) is 22.1 Å². The number of hydrogen-bond donors (Lipinski definition) is 1. The van der Waals surface area contributed by atoms with Gasteiger partial charge in [0.25, 0.3) is 0 Å². The molecule has 0 aliphatic rings. The summed E-state index contributed by atoms with van der Waals surface area (Å²) < 4.78 is 6.53. The zero-order valence-electron chi connectivity index (χ0n) is 9.79. The van der Waals surface area contributed by atoms with Gasteiger partial charge in [-0.25, -0.2) is 0 Å². The molecule has 2 N–H and O–H groups in total. The van der Waals surface area contributed by atoms with Gasteiger partial charge in [0.2, 0.25) is 0 Å². The lowest BCUT2D eigenvalue weighted by molar-refractivity contribution is 0.308. The zero-order valence-corrected chi connectivity index (χ0v) is 11.4. The fourth-order valence-corrected chi connectivity index (χ4v) is 2.58. The maximum Gasteiger partial charge on any atom is 0.124 e. The molecule has 1 aromatic heterocycles. The Morgan fingerprint density at radius 2 is 2.00 bits per heavy atom. The summed E-state index contributed by atoms with van der Waals surface area (Å²) in [4.78, 5) is 1.11. The summed E-state index contributed by atoms with van der Waals surface area (Å²) in [6.07, 6.45) is 0. The molecule has 0 aliphatic heterocycles. The number of anilines is 1. The number of nitrogen functional groups attached to an aromatic ring is 1. The minimum atomic E-state index is 0.528. The van der Waals surface area contributed by atoms with E-state index in [1.165, 1.54) is 11.3 Å². The van der Waals surface area contributed by atoms with Crippen molar-refractivity contribution in [2.24, 2.45) is 0 Å². The molecule has 4 heteroatoms. The number of ether oxygens (including phenoxy) is 1. The monoisotopic (exact) mass is 267 g/mol. The molecule has 90 valence electrons. The molecule has 0 bridgehead atoms. The number of benzene rings is 1. The predicted molar refractivity (Wildman–Crippen MR) is 74.0 cm³/mol. The highest BCUT2D eigenvalue weighted by molar-refractivity contribution is 7.16. The van der Waals surface area contributed by atoms with Crippen molar-refractivity contribution in [3.8, 4) is 5.75 Å². The Kier molecular flexibility index (Phi) is 3.60. The van der Waals surface area contributed by atoms with E-state index in [9.17, 15) is 0 Å². The van der Waals surface area contributed by atoms with Crippen LogP contribution in [0.25, 0.3) is 0 Å². The summed E-state index contributed by atoms with van der Waals surface area (Å²) in [5.74, 6) is 0.831. The third-order valence-corrected chi connectivity index (χ3v) is 3.77. The van der Waals surface area contributed by atoms with E-state index >= 15 is 0 Å². The standard InChI is InChI=1S/C13H14ClNOS/c1-8-5-9(2)12(6-11(8)15)16-7-10-3-4-13(14)17-10/h3-6H,7,15H2,1-2H3. The van der Waals surface area contributed by atoms with Crippen molar-refractivity contribution in [2.45, 2.75) is 20.5 Å². The first-order chi connectivity index (χ1) is 8.06. The number of thiophene rings is 1. The van der Waals surface area contributed by atoms with Crippen LogP contribution >= 0.6 is 22.9 Å². The van der Waals surface area contributed by atoms with Crippen LogP contribution in [0.2, 0.25) is 4.34 Å². The molecule has 0 saturated heterocycles. The van der Waals surface area contributed by atoms with Crippen LogP contribution in [-0.4, -0.2) is 0 Å². The second-order valence-corrected chi connectivity index (χ2v) is 5.77. The molecule has 0 atom stereocenters. The largest absolute Gasteiger partial charge is 0.488 e. The Bertz CT molecular complexity index is 536. The van der Waals surface area contributed by atoms with Crippen LogP contribution in [0.1, 0.15) is 16.0 Å². The van der Waals surface area contributed by atoms with E-state index in [2.05, 4.69) is 0 Å². The Balaban J connectivity index is 2.11. The Morgan fingerprint density at radius 1 is 1.24 bits per heavy atom. The lowest BCUT2D eigenvalue weighted by atomic mass is 10.1. The van der Waals surface area contributed by atoms with Crippen molar-refractivity contribution in [1.82, 2.24) is 0 Å². The number of halogens is 1. The average molecular weight is 268 g/mol. The minimum Gasteiger partial charge on any atom is -0.488 e. The second-order valence-electron chi connectivity index (χ2n) is 3.97. The fraction of sp³-hybridized carbons (Fsp3) is 0.231. The zero-order chi connectivity index (χ0) is 12.4. The van der Waals surface area contributed by atoms with Gasteiger partial charge in [-0.2, -0.15) is 0 Å². The molecule has 17 heavy (non-hydrogen) atoms. The van der Waals surface area contributed by atoms with Gasteiger partial charge in [-0.05, 0) is 37.1 Å². The number of nitrogens with two attached hydrogens (primary N) is 1. The van der Waals surface area contributed by atoms with Crippen LogP contribution in [0.5, 0.6) is 5.75 Å². The summed E-state index contributed by atoms with van der Waals surface area (Å²) in [6, 6.07) is 7.76. The molecular formula is C13H14ClNOS. The molecule has 0 amide bonds. The first kappa shape index (κ1) is 12.3. The fourth-order valence-electron chi connectivity index (χ4n) is 1.58. The summed E-state index contributed by atoms with van der Waals surface area (Å²) >= 11 is 7.39. The first-order valence-corrected chi connectivity index (χ1v) is 6.49. The van der Waals surface area contributed by atoms with E-state index in [0.29, 0.717) is 6.61 Å². The van der Waals surface area contributed by atoms with Gasteiger partial charge in [-0.1, -0.05) is 17.7 Å². The highest BCUT2D eigenvalue weighted by Crippen LogP contribution is 2.27. The normalized spacial score (nSPS) is 10.5. The summed E-state index contributed by atoms with van der Waals surface area (Å²) in [7, 11) is 0. The molecule has 1 aromatic carbocycles. The molecule has 2 nitrogen and oxygen atoms in total. The van der Waals surface area contributed by atoms with Gasteiger partial charge in [0.15, 0.2) is 0 Å². The first-order valence-electron chi connectivity index (χ1n) is 5.30. The van der Waals surface area contributed by atoms with E-state index in [1.54, 1.807) is 0 Å². The topological polar surface area (TPSA) is 35.2 Å². The molecule has 0 saturated carbocycles. The van der Waals surface area contributed by atoms with Crippen LogP contribution < -0.4 is 10.5 Å². The van der Waals surface area contributed by atoms with Gasteiger partial charge >= 0.3 is 0 Å². The van der Waals surface area contributed by atoms with Crippen LogP contribution in [-0.2, 0) is 6.61 Å². The van der Waals surface area contributed by atoms with Gasteiger partial charge in [-0.15, -0.1) is 11.3 Å². The second kappa shape index (κ2) is 4.98. The SMILES string of the molecule is Cc1cc(C)c(OCc2ccc(Cl)s2)cc1N. The quantitative estimate of drug-likeness (QED) is 0.847. The van der Waals surface area contributed by atoms with Crippen molar-refractivity contribution in [1.29, 1.82) is 0 Å². The summed E-state index contributed by atoms with van der Waals surface area (Å²) in [6.45, 7) is 4.54. The lowest BCUT2D eigenvalue weighted by Crippen LogP contribution is -1.98. The Morgan fingerprint density at radius 3 is 2.65 bits per heavy atom. The molecule has 0 spiro atoms. The van der Waals surface area contributed by atoms with Crippen LogP contribution in [0.3, 0.4) is 0 Å². The maximum atomic E-state index is 5.86. The summed E-state index contributed by atoms with van der Waals surface area (Å²) in [5, 5.41) is 0. The number of hydrogen-bond acceptors (Lipinski definition) is 3. The molecule has 0 unspecified atom stereocenters. The van der Waals surface area contributed by atoms with Crippen LogP contribution in [0.4, 0.5) is 5.69 Å². The number of aryl methyl sites for hydroxylation is 2. The van der Waals surface area contributed by atoms with Gasteiger partial charge < -0.3 is 10.5 Å². The maximum absolute atomic E-state index is 5.86. The predicted octanol–water partition coefficient (Wildman–Crippen LogP) is 4.18. The lowest BCUT2D eigenvalue weighted by Gasteiger charge is -2.10. The molecule has 1 heterocycles. The highest BCUT2D eigenvalue weighted by Gasteiger charge is 2.05. The van der Waals surface area contributed by atoms with E-state index in [0.717, 1.165) is 31.8 Å². The molecule has 0 radical (unpaired) electrons. The smallest absolute Gasteiger partial charge is 0.124 e. The van der Waals surface area contributed by atoms with Gasteiger partial charge in [0.05, 0.1) is 4.34 Å². The van der Waals surface area contributed by atoms with Crippen LogP contribution in [0, 0.1) is 13.8 Å². The van der Waals surface area contributed by atoms with Gasteiger partial charge in [-0.3, -0.25) is 0 Å². The highest BCUT2D eigenvalue weighted by atomic mass is 35.5. The van der Waals surface area contributed by atoms with Crippen LogP contribution in [0.15, 0.2) is 24.3 Å². The van der Waals surface area contributed by atoms with Crippen molar-refractivity contribution >= 4 is 28.6 Å².